The molecule has 0 unspecified atom stereocenters. The number of carbonyl (C=O) groups is 2. The van der Waals surface area contributed by atoms with Crippen LogP contribution in [-0.2, 0) is 16.1 Å². The Hall–Kier alpha value is -3.52. The molecule has 0 bridgehead atoms. The molecule has 0 saturated carbocycles. The van der Waals surface area contributed by atoms with Crippen molar-refractivity contribution < 1.29 is 18.7 Å². The third-order valence-electron chi connectivity index (χ3n) is 5.19. The lowest BCUT2D eigenvalue weighted by Gasteiger charge is -2.31. The van der Waals surface area contributed by atoms with E-state index in [1.165, 1.54) is 15.9 Å². The third-order valence-corrected chi connectivity index (χ3v) is 5.74. The Labute approximate surface area is 184 Å². The number of carbonyl (C=O) groups excluding carboxylic acids is 2. The average Bonchev–Trinajstić information content (AvgIpc) is 3.13. The number of fused-ring (bicyclic) bond motifs is 1. The molecule has 1 aromatic heterocycles. The zero-order valence-corrected chi connectivity index (χ0v) is 17.9. The monoisotopic (exact) mass is 437 g/mol. The van der Waals surface area contributed by atoms with Gasteiger partial charge in [0, 0.05) is 36.8 Å². The Balaban J connectivity index is 1.65. The minimum Gasteiger partial charge on any atom is -0.489 e. The van der Waals surface area contributed by atoms with E-state index in [-0.39, 0.29) is 23.0 Å². The first-order valence-corrected chi connectivity index (χ1v) is 10.1. The molecule has 4 rings (SSSR count). The number of benzene rings is 2. The van der Waals surface area contributed by atoms with Crippen LogP contribution in [0.1, 0.15) is 5.56 Å². The number of thiocarbonyl (C=S) groups is 1. The van der Waals surface area contributed by atoms with Crippen molar-refractivity contribution in [1.29, 1.82) is 0 Å². The summed E-state index contributed by atoms with van der Waals surface area (Å²) in [5, 5.41) is 1.06. The number of aromatic nitrogens is 1. The van der Waals surface area contributed by atoms with Crippen LogP contribution in [0.2, 0.25) is 0 Å². The van der Waals surface area contributed by atoms with Crippen molar-refractivity contribution in [3.05, 3.63) is 71.7 Å². The van der Waals surface area contributed by atoms with E-state index < -0.39 is 17.6 Å². The number of hydrogen-bond donors (Lipinski definition) is 0. The topological polar surface area (TPSA) is 54.8 Å². The SMILES string of the molecule is CN1C(=O)C(=Cc2cn(CCOc3ccccc3F)c3ccccc23)C(=O)N(C)C1=S. The predicted molar refractivity (Wildman–Crippen MR) is 120 cm³/mol. The Morgan fingerprint density at radius 3 is 2.35 bits per heavy atom. The number of hydrogen-bond acceptors (Lipinski definition) is 4. The molecular formula is C23H20FN3O3S. The minimum atomic E-state index is -0.437. The van der Waals surface area contributed by atoms with Crippen molar-refractivity contribution in [2.24, 2.45) is 0 Å². The van der Waals surface area contributed by atoms with E-state index in [9.17, 15) is 14.0 Å². The van der Waals surface area contributed by atoms with Gasteiger partial charge >= 0.3 is 0 Å². The Kier molecular flexibility index (Phi) is 5.56. The second-order valence-corrected chi connectivity index (χ2v) is 7.51. The zero-order valence-electron chi connectivity index (χ0n) is 17.0. The molecule has 1 fully saturated rings. The first kappa shape index (κ1) is 20.7. The molecule has 0 N–H and O–H groups in total. The van der Waals surface area contributed by atoms with E-state index in [0.717, 1.165) is 16.5 Å². The largest absolute Gasteiger partial charge is 0.489 e. The number of amides is 2. The highest BCUT2D eigenvalue weighted by Gasteiger charge is 2.35. The summed E-state index contributed by atoms with van der Waals surface area (Å²) in [5.41, 5.74) is 1.69. The van der Waals surface area contributed by atoms with Crippen LogP contribution in [0.3, 0.4) is 0 Å². The molecule has 1 saturated heterocycles. The number of rotatable bonds is 5. The van der Waals surface area contributed by atoms with Crippen molar-refractivity contribution in [3.8, 4) is 5.75 Å². The highest BCUT2D eigenvalue weighted by Crippen LogP contribution is 2.26. The molecule has 31 heavy (non-hydrogen) atoms. The lowest BCUT2D eigenvalue weighted by Crippen LogP contribution is -2.52. The quantitative estimate of drug-likeness (QED) is 0.349. The number of nitrogens with zero attached hydrogens (tertiary/aromatic N) is 3. The predicted octanol–water partition coefficient (Wildman–Crippen LogP) is 3.46. The van der Waals surface area contributed by atoms with Crippen LogP contribution in [0.25, 0.3) is 17.0 Å². The van der Waals surface area contributed by atoms with Gasteiger partial charge in [0.15, 0.2) is 16.7 Å². The number of likely N-dealkylation sites (N-methyl/N-ethyl adjacent to an activating group) is 2. The fourth-order valence-electron chi connectivity index (χ4n) is 3.52. The smallest absolute Gasteiger partial charge is 0.265 e. The third kappa shape index (κ3) is 3.82. The maximum atomic E-state index is 13.8. The second-order valence-electron chi connectivity index (χ2n) is 7.14. The molecule has 1 aliphatic rings. The van der Waals surface area contributed by atoms with Gasteiger partial charge in [0.25, 0.3) is 11.8 Å². The Bertz CT molecular complexity index is 1210. The fraction of sp³-hybridized carbons (Fsp3) is 0.174. The summed E-state index contributed by atoms with van der Waals surface area (Å²) in [4.78, 5) is 27.9. The maximum Gasteiger partial charge on any atom is 0.265 e. The van der Waals surface area contributed by atoms with E-state index in [1.54, 1.807) is 38.4 Å². The second kappa shape index (κ2) is 8.31. The van der Waals surface area contributed by atoms with Gasteiger partial charge in [-0.15, -0.1) is 0 Å². The van der Waals surface area contributed by atoms with Crippen LogP contribution in [0.5, 0.6) is 5.75 Å². The van der Waals surface area contributed by atoms with Crippen molar-refractivity contribution in [2.45, 2.75) is 6.54 Å². The van der Waals surface area contributed by atoms with Gasteiger partial charge in [0.1, 0.15) is 12.2 Å². The zero-order chi connectivity index (χ0) is 22.1. The summed E-state index contributed by atoms with van der Waals surface area (Å²) in [6, 6.07) is 13.9. The molecule has 0 spiro atoms. The molecule has 1 aliphatic heterocycles. The Morgan fingerprint density at radius 1 is 1.00 bits per heavy atom. The first-order chi connectivity index (χ1) is 14.9. The molecule has 2 aromatic carbocycles. The molecule has 8 heteroatoms. The number of halogens is 1. The number of para-hydroxylation sites is 2. The van der Waals surface area contributed by atoms with Crippen LogP contribution in [0, 0.1) is 5.82 Å². The standard InChI is InChI=1S/C23H20FN3O3S/c1-25-21(28)17(22(29)26(2)23(25)31)13-15-14-27(19-9-5-3-7-16(15)19)11-12-30-20-10-6-4-8-18(20)24/h3-10,13-14H,11-12H2,1-2H3. The summed E-state index contributed by atoms with van der Waals surface area (Å²) in [7, 11) is 3.09. The van der Waals surface area contributed by atoms with Crippen LogP contribution in [-0.4, -0.2) is 52.0 Å². The molecule has 0 atom stereocenters. The summed E-state index contributed by atoms with van der Waals surface area (Å²) in [5.74, 6) is -1.09. The van der Waals surface area contributed by atoms with Gasteiger partial charge in [-0.05, 0) is 36.5 Å². The van der Waals surface area contributed by atoms with Gasteiger partial charge in [-0.25, -0.2) is 4.39 Å². The van der Waals surface area contributed by atoms with E-state index in [2.05, 4.69) is 0 Å². The highest BCUT2D eigenvalue weighted by atomic mass is 32.1. The number of ether oxygens (including phenoxy) is 1. The van der Waals surface area contributed by atoms with Gasteiger partial charge in [-0.3, -0.25) is 19.4 Å². The molecule has 0 radical (unpaired) electrons. The van der Waals surface area contributed by atoms with Crippen LogP contribution in [0.4, 0.5) is 4.39 Å². The van der Waals surface area contributed by atoms with E-state index in [4.69, 9.17) is 17.0 Å². The molecule has 0 aliphatic carbocycles. The van der Waals surface area contributed by atoms with Crippen LogP contribution in [0.15, 0.2) is 60.3 Å². The summed E-state index contributed by atoms with van der Waals surface area (Å²) in [6.07, 6.45) is 3.45. The van der Waals surface area contributed by atoms with E-state index >= 15 is 0 Å². The average molecular weight is 437 g/mol. The van der Waals surface area contributed by atoms with Crippen LogP contribution < -0.4 is 4.74 Å². The molecule has 3 aromatic rings. The van der Waals surface area contributed by atoms with Gasteiger partial charge in [-0.1, -0.05) is 30.3 Å². The van der Waals surface area contributed by atoms with E-state index in [0.29, 0.717) is 6.54 Å². The van der Waals surface area contributed by atoms with Gasteiger partial charge in [-0.2, -0.15) is 0 Å². The molecule has 6 nitrogen and oxygen atoms in total. The highest BCUT2D eigenvalue weighted by molar-refractivity contribution is 7.80. The summed E-state index contributed by atoms with van der Waals surface area (Å²) >= 11 is 5.14. The van der Waals surface area contributed by atoms with Crippen molar-refractivity contribution in [2.75, 3.05) is 20.7 Å². The van der Waals surface area contributed by atoms with Gasteiger partial charge in [0.2, 0.25) is 0 Å². The van der Waals surface area contributed by atoms with Gasteiger partial charge < -0.3 is 9.30 Å². The molecule has 2 amide bonds. The minimum absolute atomic E-state index is 0.0455. The molecule has 2 heterocycles. The molecule has 158 valence electrons. The maximum absolute atomic E-state index is 13.8. The van der Waals surface area contributed by atoms with Crippen molar-refractivity contribution in [1.82, 2.24) is 14.4 Å². The lowest BCUT2D eigenvalue weighted by atomic mass is 10.1. The summed E-state index contributed by atoms with van der Waals surface area (Å²) < 4.78 is 21.3. The normalized spacial score (nSPS) is 14.5. The van der Waals surface area contributed by atoms with Crippen molar-refractivity contribution >= 4 is 46.1 Å². The Morgan fingerprint density at radius 2 is 1.65 bits per heavy atom. The lowest BCUT2D eigenvalue weighted by molar-refractivity contribution is -0.132. The summed E-state index contributed by atoms with van der Waals surface area (Å²) in [6.45, 7) is 0.719. The first-order valence-electron chi connectivity index (χ1n) is 9.65. The van der Waals surface area contributed by atoms with E-state index in [1.807, 2.05) is 35.0 Å². The van der Waals surface area contributed by atoms with Crippen molar-refractivity contribution in [3.63, 3.8) is 0 Å². The fourth-order valence-corrected chi connectivity index (χ4v) is 3.69. The molecular weight excluding hydrogens is 417 g/mol. The van der Waals surface area contributed by atoms with Gasteiger partial charge in [0.05, 0.1) is 6.54 Å². The van der Waals surface area contributed by atoms with Crippen LogP contribution >= 0.6 is 12.2 Å².